The number of aromatic nitrogens is 4. The molecule has 0 unspecified atom stereocenters. The van der Waals surface area contributed by atoms with Crippen LogP contribution in [-0.4, -0.2) is 38.7 Å². The van der Waals surface area contributed by atoms with Crippen molar-refractivity contribution in [2.24, 2.45) is 0 Å². The summed E-state index contributed by atoms with van der Waals surface area (Å²) in [5.41, 5.74) is 1.07. The van der Waals surface area contributed by atoms with Gasteiger partial charge >= 0.3 is 5.69 Å². The van der Waals surface area contributed by atoms with Crippen molar-refractivity contribution < 1.29 is 0 Å². The quantitative estimate of drug-likeness (QED) is 0.732. The molecule has 4 rings (SSSR count). The molecule has 0 bridgehead atoms. The van der Waals surface area contributed by atoms with Gasteiger partial charge in [-0.15, -0.1) is 0 Å². The molecule has 1 fully saturated rings. The molecule has 0 spiro atoms. The molecule has 1 atom stereocenters. The lowest BCUT2D eigenvalue weighted by molar-refractivity contribution is 0.669. The van der Waals surface area contributed by atoms with Gasteiger partial charge in [0, 0.05) is 55.2 Å². The zero-order chi connectivity index (χ0) is 18.1. The second-order valence-electron chi connectivity index (χ2n) is 6.35. The van der Waals surface area contributed by atoms with E-state index in [2.05, 4.69) is 20.3 Å². The monoisotopic (exact) mass is 352 g/mol. The van der Waals surface area contributed by atoms with Crippen LogP contribution in [0.4, 0.5) is 11.5 Å². The summed E-state index contributed by atoms with van der Waals surface area (Å²) in [6.07, 6.45) is 4.38. The summed E-state index contributed by atoms with van der Waals surface area (Å²) in [5.74, 6) is 0.579. The molecular formula is C18H20N6O2. The number of H-pyrrole nitrogens is 1. The summed E-state index contributed by atoms with van der Waals surface area (Å²) < 4.78 is 1.19. The second kappa shape index (κ2) is 6.62. The van der Waals surface area contributed by atoms with Crippen molar-refractivity contribution in [2.75, 3.05) is 23.3 Å². The number of aromatic amines is 1. The number of hydrogen-bond acceptors (Lipinski definition) is 6. The summed E-state index contributed by atoms with van der Waals surface area (Å²) in [4.78, 5) is 37.5. The maximum absolute atomic E-state index is 12.1. The Morgan fingerprint density at radius 2 is 2.12 bits per heavy atom. The van der Waals surface area contributed by atoms with Gasteiger partial charge < -0.3 is 10.2 Å². The molecule has 0 aliphatic carbocycles. The molecule has 0 aromatic carbocycles. The van der Waals surface area contributed by atoms with Gasteiger partial charge in [-0.25, -0.2) is 14.8 Å². The van der Waals surface area contributed by atoms with Gasteiger partial charge in [-0.1, -0.05) is 0 Å². The largest absolute Gasteiger partial charge is 0.380 e. The van der Waals surface area contributed by atoms with Gasteiger partial charge in [0.15, 0.2) is 5.65 Å². The van der Waals surface area contributed by atoms with E-state index < -0.39 is 0 Å². The number of hydrogen-bond donors (Lipinski definition) is 2. The first-order chi connectivity index (χ1) is 12.7. The van der Waals surface area contributed by atoms with E-state index in [9.17, 15) is 9.59 Å². The third-order valence-electron chi connectivity index (χ3n) is 4.73. The van der Waals surface area contributed by atoms with Crippen LogP contribution in [0.2, 0.25) is 0 Å². The average Bonchev–Trinajstić information content (AvgIpc) is 3.10. The van der Waals surface area contributed by atoms with Gasteiger partial charge in [0.05, 0.1) is 0 Å². The minimum absolute atomic E-state index is 0.206. The number of anilines is 2. The van der Waals surface area contributed by atoms with E-state index in [1.54, 1.807) is 19.3 Å². The minimum atomic E-state index is -0.363. The van der Waals surface area contributed by atoms with Gasteiger partial charge in [-0.05, 0) is 31.5 Å². The molecule has 134 valence electrons. The molecule has 0 radical (unpaired) electrons. The van der Waals surface area contributed by atoms with Crippen LogP contribution >= 0.6 is 0 Å². The van der Waals surface area contributed by atoms with Crippen molar-refractivity contribution in [3.8, 4) is 0 Å². The normalized spacial score (nSPS) is 17.0. The Morgan fingerprint density at radius 1 is 1.27 bits per heavy atom. The van der Waals surface area contributed by atoms with Gasteiger partial charge in [0.1, 0.15) is 5.82 Å². The average molecular weight is 352 g/mol. The zero-order valence-electron chi connectivity index (χ0n) is 14.5. The van der Waals surface area contributed by atoms with Crippen LogP contribution in [0, 0.1) is 0 Å². The highest BCUT2D eigenvalue weighted by atomic mass is 16.2. The Labute approximate surface area is 149 Å². The number of fused-ring (bicyclic) bond motifs is 1. The number of nitrogens with zero attached hydrogens (tertiary/aromatic N) is 4. The van der Waals surface area contributed by atoms with E-state index in [4.69, 9.17) is 0 Å². The summed E-state index contributed by atoms with van der Waals surface area (Å²) >= 11 is 0. The lowest BCUT2D eigenvalue weighted by Gasteiger charge is -2.19. The van der Waals surface area contributed by atoms with E-state index in [1.807, 2.05) is 23.1 Å². The van der Waals surface area contributed by atoms with Gasteiger partial charge in [-0.3, -0.25) is 14.3 Å². The van der Waals surface area contributed by atoms with E-state index in [0.717, 1.165) is 24.0 Å². The molecule has 26 heavy (non-hydrogen) atoms. The Bertz CT molecular complexity index is 1020. The fourth-order valence-electron chi connectivity index (χ4n) is 3.40. The van der Waals surface area contributed by atoms with Crippen molar-refractivity contribution >= 4 is 22.5 Å². The third kappa shape index (κ3) is 2.94. The van der Waals surface area contributed by atoms with Crippen LogP contribution in [-0.2, 0) is 6.54 Å². The first-order valence-corrected chi connectivity index (χ1v) is 8.71. The van der Waals surface area contributed by atoms with E-state index in [1.165, 1.54) is 10.6 Å². The maximum Gasteiger partial charge on any atom is 0.329 e. The fraction of sp³-hybridized carbons (Fsp3) is 0.333. The first kappa shape index (κ1) is 16.3. The lowest BCUT2D eigenvalue weighted by atomic mass is 10.2. The third-order valence-corrected chi connectivity index (χ3v) is 4.73. The van der Waals surface area contributed by atoms with Gasteiger partial charge in [0.2, 0.25) is 0 Å². The molecule has 8 heteroatoms. The topological polar surface area (TPSA) is 95.9 Å². The summed E-state index contributed by atoms with van der Waals surface area (Å²) in [6.45, 7) is 3.61. The molecule has 3 aromatic heterocycles. The highest BCUT2D eigenvalue weighted by molar-refractivity contribution is 5.88. The molecule has 0 saturated carbocycles. The van der Waals surface area contributed by atoms with E-state index >= 15 is 0 Å². The Morgan fingerprint density at radius 3 is 2.92 bits per heavy atom. The fourth-order valence-corrected chi connectivity index (χ4v) is 3.40. The molecular weight excluding hydrogens is 332 g/mol. The molecule has 2 N–H and O–H groups in total. The van der Waals surface area contributed by atoms with Crippen LogP contribution in [0.5, 0.6) is 0 Å². The smallest absolute Gasteiger partial charge is 0.329 e. The SMILES string of the molecule is CCn1c(=O)cc(N2CC[C@@H](Nc3ccnc4ncccc34)C2)[nH]c1=O. The highest BCUT2D eigenvalue weighted by Crippen LogP contribution is 2.24. The molecule has 0 amide bonds. The molecule has 3 aromatic rings. The molecule has 8 nitrogen and oxygen atoms in total. The highest BCUT2D eigenvalue weighted by Gasteiger charge is 2.24. The van der Waals surface area contributed by atoms with Crippen LogP contribution in [0.25, 0.3) is 11.0 Å². The Balaban J connectivity index is 1.54. The van der Waals surface area contributed by atoms with Crippen LogP contribution < -0.4 is 21.5 Å². The lowest BCUT2D eigenvalue weighted by Crippen LogP contribution is -2.37. The minimum Gasteiger partial charge on any atom is -0.380 e. The summed E-state index contributed by atoms with van der Waals surface area (Å²) in [7, 11) is 0. The number of pyridine rings is 2. The first-order valence-electron chi connectivity index (χ1n) is 8.71. The van der Waals surface area contributed by atoms with Gasteiger partial charge in [0.25, 0.3) is 5.56 Å². The standard InChI is InChI=1S/C18H20N6O2/c1-2-24-16(25)10-15(22-18(24)26)23-9-6-12(11-23)21-14-5-8-20-17-13(14)4-3-7-19-17/h3-5,7-8,10,12H,2,6,9,11H2,1H3,(H,22,26)(H,19,20,21)/t12-/m1/s1. The number of rotatable bonds is 4. The maximum atomic E-state index is 12.1. The van der Waals surface area contributed by atoms with Crippen molar-refractivity contribution in [3.05, 3.63) is 57.5 Å². The number of nitrogens with one attached hydrogen (secondary N) is 2. The van der Waals surface area contributed by atoms with Crippen molar-refractivity contribution in [1.82, 2.24) is 19.5 Å². The second-order valence-corrected chi connectivity index (χ2v) is 6.35. The van der Waals surface area contributed by atoms with Crippen LogP contribution in [0.3, 0.4) is 0 Å². The van der Waals surface area contributed by atoms with Gasteiger partial charge in [-0.2, -0.15) is 0 Å². The molecule has 1 saturated heterocycles. The Hall–Kier alpha value is -3.16. The van der Waals surface area contributed by atoms with E-state index in [-0.39, 0.29) is 17.3 Å². The van der Waals surface area contributed by atoms with Crippen LogP contribution in [0.1, 0.15) is 13.3 Å². The van der Waals surface area contributed by atoms with Crippen molar-refractivity contribution in [2.45, 2.75) is 25.9 Å². The zero-order valence-corrected chi connectivity index (χ0v) is 14.5. The van der Waals surface area contributed by atoms with Crippen molar-refractivity contribution in [3.63, 3.8) is 0 Å². The van der Waals surface area contributed by atoms with Crippen molar-refractivity contribution in [1.29, 1.82) is 0 Å². The molecule has 1 aliphatic heterocycles. The molecule has 1 aliphatic rings. The van der Waals surface area contributed by atoms with E-state index in [0.29, 0.717) is 24.6 Å². The summed E-state index contributed by atoms with van der Waals surface area (Å²) in [6, 6.07) is 7.53. The summed E-state index contributed by atoms with van der Waals surface area (Å²) in [5, 5.41) is 4.52. The Kier molecular flexibility index (Phi) is 4.16. The predicted molar refractivity (Wildman–Crippen MR) is 101 cm³/mol. The molecule has 4 heterocycles. The van der Waals surface area contributed by atoms with Crippen LogP contribution in [0.15, 0.2) is 46.2 Å². The predicted octanol–water partition coefficient (Wildman–Crippen LogP) is 1.19.